The summed E-state index contributed by atoms with van der Waals surface area (Å²) in [4.78, 5) is 20.6. The van der Waals surface area contributed by atoms with Crippen LogP contribution in [0.15, 0.2) is 18.3 Å². The molecule has 0 spiro atoms. The normalized spacial score (nSPS) is 13.2. The van der Waals surface area contributed by atoms with Gasteiger partial charge in [0, 0.05) is 23.0 Å². The first-order valence-electron chi connectivity index (χ1n) is 9.56. The Kier molecular flexibility index (Phi) is 4.89. The van der Waals surface area contributed by atoms with Crippen LogP contribution in [0.5, 0.6) is 0 Å². The molecule has 0 fully saturated rings. The van der Waals surface area contributed by atoms with Gasteiger partial charge in [-0.05, 0) is 44.4 Å². The van der Waals surface area contributed by atoms with Crippen LogP contribution in [0.4, 0.5) is 10.7 Å². The second-order valence-electron chi connectivity index (χ2n) is 7.25. The number of ether oxygens (including phenoxy) is 1. The molecule has 7 heteroatoms. The lowest BCUT2D eigenvalue weighted by Crippen LogP contribution is -2.31. The predicted octanol–water partition coefficient (Wildman–Crippen LogP) is 4.11. The van der Waals surface area contributed by atoms with Crippen molar-refractivity contribution in [2.45, 2.75) is 33.7 Å². The minimum absolute atomic E-state index is 0.306. The summed E-state index contributed by atoms with van der Waals surface area (Å²) < 4.78 is 5.31. The standard InChI is InChI=1S/C22H22N4O2S/c1-4-28-22(27)17-10-25-19-13(3)7-12(2)8-15(19)20(17)26-6-5-14-16(9-23)21(24)29-18(14)11-26/h7-8,10H,4-6,11,24H2,1-3H3. The first-order chi connectivity index (χ1) is 13.9. The smallest absolute Gasteiger partial charge is 0.341 e. The molecule has 1 aliphatic heterocycles. The number of carbonyl (C=O) groups is 1. The fourth-order valence-corrected chi connectivity index (χ4v) is 5.17. The van der Waals surface area contributed by atoms with Crippen molar-refractivity contribution in [2.75, 3.05) is 23.8 Å². The number of fused-ring (bicyclic) bond motifs is 2. The second kappa shape index (κ2) is 7.37. The molecule has 0 aliphatic carbocycles. The predicted molar refractivity (Wildman–Crippen MR) is 115 cm³/mol. The van der Waals surface area contributed by atoms with E-state index in [-0.39, 0.29) is 5.97 Å². The number of rotatable bonds is 3. The molecule has 2 N–H and O–H groups in total. The molecule has 4 rings (SSSR count). The number of nitrogens with two attached hydrogens (primary N) is 1. The van der Waals surface area contributed by atoms with Gasteiger partial charge in [0.15, 0.2) is 0 Å². The number of anilines is 2. The molecule has 0 atom stereocenters. The molecule has 0 unspecified atom stereocenters. The molecule has 0 bridgehead atoms. The van der Waals surface area contributed by atoms with E-state index in [1.807, 2.05) is 13.8 Å². The van der Waals surface area contributed by atoms with Gasteiger partial charge in [-0.1, -0.05) is 11.6 Å². The van der Waals surface area contributed by atoms with Crippen molar-refractivity contribution in [3.63, 3.8) is 0 Å². The largest absolute Gasteiger partial charge is 0.462 e. The Morgan fingerprint density at radius 2 is 2.21 bits per heavy atom. The van der Waals surface area contributed by atoms with Gasteiger partial charge in [0.05, 0.1) is 29.9 Å². The van der Waals surface area contributed by atoms with Gasteiger partial charge in [0.25, 0.3) is 0 Å². The van der Waals surface area contributed by atoms with E-state index in [0.29, 0.717) is 42.2 Å². The Morgan fingerprint density at radius 3 is 2.93 bits per heavy atom. The maximum Gasteiger partial charge on any atom is 0.341 e. The van der Waals surface area contributed by atoms with Crippen LogP contribution in [0.1, 0.15) is 44.4 Å². The number of aryl methyl sites for hydroxylation is 2. The van der Waals surface area contributed by atoms with Crippen LogP contribution >= 0.6 is 11.3 Å². The fraction of sp³-hybridized carbons (Fsp3) is 0.318. The fourth-order valence-electron chi connectivity index (χ4n) is 4.08. The summed E-state index contributed by atoms with van der Waals surface area (Å²) in [5.74, 6) is -0.370. The van der Waals surface area contributed by atoms with Crippen LogP contribution in [0.3, 0.4) is 0 Å². The van der Waals surface area contributed by atoms with Crippen LogP contribution in [-0.2, 0) is 17.7 Å². The zero-order chi connectivity index (χ0) is 20.7. The van der Waals surface area contributed by atoms with Crippen molar-refractivity contribution < 1.29 is 9.53 Å². The molecule has 148 valence electrons. The molecule has 0 saturated carbocycles. The number of nitriles is 1. The topological polar surface area (TPSA) is 92.2 Å². The summed E-state index contributed by atoms with van der Waals surface area (Å²) in [6, 6.07) is 6.40. The van der Waals surface area contributed by atoms with Crippen LogP contribution in [0.25, 0.3) is 10.9 Å². The highest BCUT2D eigenvalue weighted by atomic mass is 32.1. The third kappa shape index (κ3) is 3.19. The van der Waals surface area contributed by atoms with Crippen LogP contribution < -0.4 is 10.6 Å². The van der Waals surface area contributed by atoms with E-state index in [1.165, 1.54) is 11.3 Å². The van der Waals surface area contributed by atoms with Gasteiger partial charge >= 0.3 is 5.97 Å². The average molecular weight is 407 g/mol. The highest BCUT2D eigenvalue weighted by Gasteiger charge is 2.28. The minimum atomic E-state index is -0.370. The van der Waals surface area contributed by atoms with Gasteiger partial charge in [-0.2, -0.15) is 5.26 Å². The van der Waals surface area contributed by atoms with Crippen molar-refractivity contribution in [3.05, 3.63) is 51.0 Å². The zero-order valence-corrected chi connectivity index (χ0v) is 17.5. The van der Waals surface area contributed by atoms with Crippen molar-refractivity contribution in [1.82, 2.24) is 4.98 Å². The summed E-state index contributed by atoms with van der Waals surface area (Å²) in [6.07, 6.45) is 2.33. The molecular formula is C22H22N4O2S. The molecule has 0 radical (unpaired) electrons. The quantitative estimate of drug-likeness (QED) is 0.658. The Morgan fingerprint density at radius 1 is 1.41 bits per heavy atom. The molecule has 0 saturated heterocycles. The molecule has 1 aromatic carbocycles. The number of thiophene rings is 1. The third-order valence-electron chi connectivity index (χ3n) is 5.29. The molecule has 29 heavy (non-hydrogen) atoms. The van der Waals surface area contributed by atoms with E-state index >= 15 is 0 Å². The van der Waals surface area contributed by atoms with Crippen molar-refractivity contribution in [1.29, 1.82) is 5.26 Å². The summed E-state index contributed by atoms with van der Waals surface area (Å²) in [5, 5.41) is 10.9. The number of pyridine rings is 1. The molecule has 1 aliphatic rings. The second-order valence-corrected chi connectivity index (χ2v) is 8.38. The van der Waals surface area contributed by atoms with Gasteiger partial charge in [0.1, 0.15) is 16.6 Å². The number of hydrogen-bond acceptors (Lipinski definition) is 7. The molecular weight excluding hydrogens is 384 g/mol. The molecule has 3 aromatic rings. The monoisotopic (exact) mass is 406 g/mol. The molecule has 2 aromatic heterocycles. The Labute approximate surface area is 173 Å². The lowest BCUT2D eigenvalue weighted by molar-refractivity contribution is 0.0526. The molecule has 6 nitrogen and oxygen atoms in total. The SMILES string of the molecule is CCOC(=O)c1cnc2c(C)cc(C)cc2c1N1CCc2c(sc(N)c2C#N)C1. The van der Waals surface area contributed by atoms with Crippen molar-refractivity contribution >= 4 is 38.9 Å². The van der Waals surface area contributed by atoms with Crippen molar-refractivity contribution in [2.24, 2.45) is 0 Å². The lowest BCUT2D eigenvalue weighted by Gasteiger charge is -2.31. The van der Waals surface area contributed by atoms with Gasteiger partial charge < -0.3 is 15.4 Å². The number of benzene rings is 1. The van der Waals surface area contributed by atoms with E-state index < -0.39 is 0 Å². The number of aromatic nitrogens is 1. The first-order valence-corrected chi connectivity index (χ1v) is 10.4. The summed E-state index contributed by atoms with van der Waals surface area (Å²) in [6.45, 7) is 7.47. The van der Waals surface area contributed by atoms with Gasteiger partial charge in [-0.3, -0.25) is 4.98 Å². The lowest BCUT2D eigenvalue weighted by atomic mass is 9.99. The van der Waals surface area contributed by atoms with Gasteiger partial charge in [-0.25, -0.2) is 4.79 Å². The Bertz CT molecular complexity index is 1180. The van der Waals surface area contributed by atoms with Gasteiger partial charge in [-0.15, -0.1) is 11.3 Å². The number of esters is 1. The highest BCUT2D eigenvalue weighted by Crippen LogP contribution is 2.39. The van der Waals surface area contributed by atoms with Crippen LogP contribution in [0, 0.1) is 25.2 Å². The van der Waals surface area contributed by atoms with E-state index in [4.69, 9.17) is 10.5 Å². The summed E-state index contributed by atoms with van der Waals surface area (Å²) in [5.41, 5.74) is 12.1. The number of nitrogen functional groups attached to an aromatic ring is 1. The number of hydrogen-bond donors (Lipinski definition) is 1. The highest BCUT2D eigenvalue weighted by molar-refractivity contribution is 7.16. The number of nitrogens with zero attached hydrogens (tertiary/aromatic N) is 3. The maximum absolute atomic E-state index is 12.7. The molecule has 0 amide bonds. The van der Waals surface area contributed by atoms with E-state index in [1.54, 1.807) is 13.1 Å². The summed E-state index contributed by atoms with van der Waals surface area (Å²) in [7, 11) is 0. The Balaban J connectivity index is 1.90. The number of carbonyl (C=O) groups excluding carboxylic acids is 1. The Hall–Kier alpha value is -3.11. The zero-order valence-electron chi connectivity index (χ0n) is 16.7. The maximum atomic E-state index is 12.7. The summed E-state index contributed by atoms with van der Waals surface area (Å²) >= 11 is 1.46. The van der Waals surface area contributed by atoms with Crippen LogP contribution in [0.2, 0.25) is 0 Å². The van der Waals surface area contributed by atoms with Crippen LogP contribution in [-0.4, -0.2) is 24.1 Å². The van der Waals surface area contributed by atoms with Crippen molar-refractivity contribution in [3.8, 4) is 6.07 Å². The van der Waals surface area contributed by atoms with E-state index in [9.17, 15) is 10.1 Å². The van der Waals surface area contributed by atoms with Gasteiger partial charge in [0.2, 0.25) is 0 Å². The van der Waals surface area contributed by atoms with E-state index in [2.05, 4.69) is 28.1 Å². The minimum Gasteiger partial charge on any atom is -0.462 e. The molecule has 3 heterocycles. The first kappa shape index (κ1) is 19.2. The average Bonchev–Trinajstić information content (AvgIpc) is 3.01. The third-order valence-corrected chi connectivity index (χ3v) is 6.33. The van der Waals surface area contributed by atoms with E-state index in [0.717, 1.165) is 38.2 Å².